The summed E-state index contributed by atoms with van der Waals surface area (Å²) in [4.78, 5) is 28.3. The standard InChI is InChI=1S/C23H26ClFN4O2/c1-2-20-15-28(14-16-3-8-19(25)9-4-16)11-12-29(20)22(30)10-6-17-5-7-18(24)13-21(17)27-23(26)31/h3-10,13,20H,2,11-12,14-15H2,1H3,(H3,26,27,31)/b10-6+. The molecule has 0 saturated carbocycles. The van der Waals surface area contributed by atoms with Crippen LogP contribution in [0.1, 0.15) is 24.5 Å². The van der Waals surface area contributed by atoms with Crippen LogP contribution < -0.4 is 11.1 Å². The maximum Gasteiger partial charge on any atom is 0.316 e. The fourth-order valence-corrected chi connectivity index (χ4v) is 3.89. The number of nitrogens with two attached hydrogens (primary N) is 1. The third-order valence-corrected chi connectivity index (χ3v) is 5.55. The largest absolute Gasteiger partial charge is 0.351 e. The van der Waals surface area contributed by atoms with Gasteiger partial charge in [0.2, 0.25) is 5.91 Å². The summed E-state index contributed by atoms with van der Waals surface area (Å²) in [5.41, 5.74) is 7.34. The Morgan fingerprint density at radius 2 is 1.97 bits per heavy atom. The number of urea groups is 1. The molecule has 0 aromatic heterocycles. The lowest BCUT2D eigenvalue weighted by Gasteiger charge is -2.41. The van der Waals surface area contributed by atoms with Crippen molar-refractivity contribution in [3.05, 3.63) is 70.5 Å². The molecule has 0 bridgehead atoms. The zero-order chi connectivity index (χ0) is 22.4. The van der Waals surface area contributed by atoms with E-state index < -0.39 is 6.03 Å². The number of piperazine rings is 1. The van der Waals surface area contributed by atoms with E-state index in [1.807, 2.05) is 4.90 Å². The SMILES string of the molecule is CCC1CN(Cc2ccc(F)cc2)CCN1C(=O)/C=C/c1ccc(Cl)cc1NC(N)=O. The second-order valence-electron chi connectivity index (χ2n) is 7.51. The number of amides is 3. The Kier molecular flexibility index (Phi) is 7.65. The first-order valence-electron chi connectivity index (χ1n) is 10.2. The van der Waals surface area contributed by atoms with Gasteiger partial charge in [-0.15, -0.1) is 0 Å². The van der Waals surface area contributed by atoms with Gasteiger partial charge < -0.3 is 16.0 Å². The molecule has 1 atom stereocenters. The number of anilines is 1. The topological polar surface area (TPSA) is 78.7 Å². The second kappa shape index (κ2) is 10.4. The number of primary amides is 1. The lowest BCUT2D eigenvalue weighted by molar-refractivity contribution is -0.131. The third kappa shape index (κ3) is 6.29. The van der Waals surface area contributed by atoms with Crippen molar-refractivity contribution in [3.8, 4) is 0 Å². The molecule has 6 nitrogen and oxygen atoms in total. The van der Waals surface area contributed by atoms with Crippen molar-refractivity contribution in [3.63, 3.8) is 0 Å². The molecule has 1 fully saturated rings. The molecule has 1 unspecified atom stereocenters. The quantitative estimate of drug-likeness (QED) is 0.658. The number of nitrogens with one attached hydrogen (secondary N) is 1. The van der Waals surface area contributed by atoms with Crippen LogP contribution in [0, 0.1) is 5.82 Å². The fraction of sp³-hybridized carbons (Fsp3) is 0.304. The van der Waals surface area contributed by atoms with Gasteiger partial charge in [0.25, 0.3) is 0 Å². The first kappa shape index (κ1) is 22.8. The normalized spacial score (nSPS) is 17.1. The molecule has 1 aliphatic heterocycles. The van der Waals surface area contributed by atoms with E-state index in [9.17, 15) is 14.0 Å². The number of halogens is 2. The molecule has 3 N–H and O–H groups in total. The summed E-state index contributed by atoms with van der Waals surface area (Å²) < 4.78 is 13.1. The summed E-state index contributed by atoms with van der Waals surface area (Å²) in [6.07, 6.45) is 3.99. The summed E-state index contributed by atoms with van der Waals surface area (Å²) in [7, 11) is 0. The molecular formula is C23H26ClFN4O2. The Bertz CT molecular complexity index is 965. The zero-order valence-electron chi connectivity index (χ0n) is 17.4. The highest BCUT2D eigenvalue weighted by Crippen LogP contribution is 2.23. The summed E-state index contributed by atoms with van der Waals surface area (Å²) >= 11 is 5.99. The number of nitrogens with zero attached hydrogens (tertiary/aromatic N) is 2. The lowest BCUT2D eigenvalue weighted by atomic mass is 10.1. The van der Waals surface area contributed by atoms with Crippen LogP contribution in [-0.2, 0) is 11.3 Å². The van der Waals surface area contributed by atoms with Crippen LogP contribution in [0.3, 0.4) is 0 Å². The molecule has 3 amide bonds. The van der Waals surface area contributed by atoms with Crippen molar-refractivity contribution in [2.75, 3.05) is 25.0 Å². The molecule has 1 aliphatic rings. The number of carbonyl (C=O) groups excluding carboxylic acids is 2. The van der Waals surface area contributed by atoms with E-state index in [-0.39, 0.29) is 17.8 Å². The number of hydrogen-bond acceptors (Lipinski definition) is 3. The van der Waals surface area contributed by atoms with Gasteiger partial charge in [-0.1, -0.05) is 36.7 Å². The van der Waals surface area contributed by atoms with E-state index in [1.54, 1.807) is 36.4 Å². The van der Waals surface area contributed by atoms with Crippen LogP contribution in [0.5, 0.6) is 0 Å². The van der Waals surface area contributed by atoms with Gasteiger partial charge in [-0.3, -0.25) is 9.69 Å². The molecule has 3 rings (SSSR count). The van der Waals surface area contributed by atoms with E-state index in [0.717, 1.165) is 31.6 Å². The second-order valence-corrected chi connectivity index (χ2v) is 7.95. The third-order valence-electron chi connectivity index (χ3n) is 5.32. The molecule has 0 aliphatic carbocycles. The summed E-state index contributed by atoms with van der Waals surface area (Å²) in [5, 5.41) is 2.97. The first-order valence-corrected chi connectivity index (χ1v) is 10.5. The maximum atomic E-state index is 13.1. The minimum atomic E-state index is -0.702. The minimum absolute atomic E-state index is 0.0831. The highest BCUT2D eigenvalue weighted by Gasteiger charge is 2.28. The molecule has 2 aromatic rings. The molecule has 0 spiro atoms. The van der Waals surface area contributed by atoms with Crippen molar-refractivity contribution in [2.24, 2.45) is 5.73 Å². The number of rotatable bonds is 6. The smallest absolute Gasteiger partial charge is 0.316 e. The average Bonchev–Trinajstić information content (AvgIpc) is 2.74. The maximum absolute atomic E-state index is 13.1. The van der Waals surface area contributed by atoms with Crippen LogP contribution in [0.25, 0.3) is 6.08 Å². The van der Waals surface area contributed by atoms with Crippen molar-refractivity contribution in [2.45, 2.75) is 25.9 Å². The molecule has 8 heteroatoms. The highest BCUT2D eigenvalue weighted by molar-refractivity contribution is 6.31. The number of benzene rings is 2. The molecule has 0 radical (unpaired) electrons. The zero-order valence-corrected chi connectivity index (χ0v) is 18.1. The van der Waals surface area contributed by atoms with Gasteiger partial charge >= 0.3 is 6.03 Å². The highest BCUT2D eigenvalue weighted by atomic mass is 35.5. The Morgan fingerprint density at radius 1 is 1.23 bits per heavy atom. The predicted octanol–water partition coefficient (Wildman–Crippen LogP) is 4.11. The van der Waals surface area contributed by atoms with Gasteiger partial charge in [-0.2, -0.15) is 0 Å². The van der Waals surface area contributed by atoms with Gasteiger partial charge in [0.05, 0.1) is 5.69 Å². The number of hydrogen-bond donors (Lipinski definition) is 2. The Balaban J connectivity index is 1.65. The van der Waals surface area contributed by atoms with Gasteiger partial charge in [-0.25, -0.2) is 9.18 Å². The van der Waals surface area contributed by atoms with Gasteiger partial charge in [0.15, 0.2) is 0 Å². The summed E-state index contributed by atoms with van der Waals surface area (Å²) in [5.74, 6) is -0.333. The molecule has 31 heavy (non-hydrogen) atoms. The average molecular weight is 445 g/mol. The fourth-order valence-electron chi connectivity index (χ4n) is 3.72. The Hall–Kier alpha value is -2.90. The molecule has 164 valence electrons. The lowest BCUT2D eigenvalue weighted by Crippen LogP contribution is -2.54. The summed E-state index contributed by atoms with van der Waals surface area (Å²) in [6, 6.07) is 10.9. The van der Waals surface area contributed by atoms with Crippen molar-refractivity contribution in [1.82, 2.24) is 9.80 Å². The molecule has 1 saturated heterocycles. The first-order chi connectivity index (χ1) is 14.9. The van der Waals surface area contributed by atoms with Crippen LogP contribution in [-0.4, -0.2) is 47.4 Å². The van der Waals surface area contributed by atoms with Crippen molar-refractivity contribution in [1.29, 1.82) is 0 Å². The van der Waals surface area contributed by atoms with Crippen LogP contribution >= 0.6 is 11.6 Å². The Labute approximate surface area is 186 Å². The van der Waals surface area contributed by atoms with Crippen LogP contribution in [0.4, 0.5) is 14.9 Å². The van der Waals surface area contributed by atoms with Gasteiger partial charge in [0, 0.05) is 43.3 Å². The van der Waals surface area contributed by atoms with Gasteiger partial charge in [0.1, 0.15) is 5.82 Å². The predicted molar refractivity (Wildman–Crippen MR) is 121 cm³/mol. The van der Waals surface area contributed by atoms with E-state index in [0.29, 0.717) is 22.8 Å². The van der Waals surface area contributed by atoms with Crippen LogP contribution in [0.2, 0.25) is 5.02 Å². The van der Waals surface area contributed by atoms with Crippen LogP contribution in [0.15, 0.2) is 48.5 Å². The minimum Gasteiger partial charge on any atom is -0.351 e. The molecule has 1 heterocycles. The van der Waals surface area contributed by atoms with Crippen molar-refractivity contribution < 1.29 is 14.0 Å². The van der Waals surface area contributed by atoms with E-state index in [2.05, 4.69) is 17.1 Å². The number of carbonyl (C=O) groups is 2. The summed E-state index contributed by atoms with van der Waals surface area (Å²) in [6.45, 7) is 4.88. The van der Waals surface area contributed by atoms with E-state index in [4.69, 9.17) is 17.3 Å². The molecule has 2 aromatic carbocycles. The van der Waals surface area contributed by atoms with Gasteiger partial charge in [-0.05, 0) is 47.9 Å². The van der Waals surface area contributed by atoms with Crippen molar-refractivity contribution >= 4 is 35.3 Å². The monoisotopic (exact) mass is 444 g/mol. The molecular weight excluding hydrogens is 419 g/mol. The Morgan fingerprint density at radius 3 is 2.65 bits per heavy atom. The van der Waals surface area contributed by atoms with E-state index >= 15 is 0 Å². The van der Waals surface area contributed by atoms with E-state index in [1.165, 1.54) is 18.2 Å².